The predicted octanol–water partition coefficient (Wildman–Crippen LogP) is 2.54. The largest absolute Gasteiger partial charge is 0.464 e. The first kappa shape index (κ1) is 16.2. The van der Waals surface area contributed by atoms with E-state index in [9.17, 15) is 9.59 Å². The van der Waals surface area contributed by atoms with Crippen LogP contribution in [0, 0.1) is 0 Å². The Balaban J connectivity index is 1.49. The molecule has 5 nitrogen and oxygen atoms in total. The molecule has 1 aliphatic heterocycles. The molecule has 1 aromatic heterocycles. The maximum absolute atomic E-state index is 12.8. The van der Waals surface area contributed by atoms with Crippen LogP contribution in [0.4, 0.5) is 0 Å². The van der Waals surface area contributed by atoms with E-state index in [4.69, 9.17) is 4.42 Å². The van der Waals surface area contributed by atoms with Crippen molar-refractivity contribution in [1.29, 1.82) is 0 Å². The molecule has 1 aliphatic carbocycles. The number of hydrogen-bond acceptors (Lipinski definition) is 3. The molecular weight excluding hydrogens is 316 g/mol. The third-order valence-corrected chi connectivity index (χ3v) is 5.50. The van der Waals surface area contributed by atoms with Crippen LogP contribution in [-0.2, 0) is 28.9 Å². The summed E-state index contributed by atoms with van der Waals surface area (Å²) in [7, 11) is 0. The molecular formula is C20H24N2O3. The number of aryl methyl sites for hydroxylation is 2. The zero-order valence-corrected chi connectivity index (χ0v) is 14.7. The summed E-state index contributed by atoms with van der Waals surface area (Å²) in [5, 5.41) is 1.08. The molecule has 2 aliphatic rings. The molecule has 2 heterocycles. The molecule has 0 unspecified atom stereocenters. The fourth-order valence-corrected chi connectivity index (χ4v) is 4.04. The van der Waals surface area contributed by atoms with Crippen LogP contribution in [0.3, 0.4) is 0 Å². The average molecular weight is 340 g/mol. The van der Waals surface area contributed by atoms with Crippen LogP contribution in [-0.4, -0.2) is 47.8 Å². The van der Waals surface area contributed by atoms with Gasteiger partial charge in [0.25, 0.3) is 0 Å². The van der Waals surface area contributed by atoms with E-state index < -0.39 is 0 Å². The van der Waals surface area contributed by atoms with E-state index in [1.807, 2.05) is 9.80 Å². The maximum atomic E-state index is 12.8. The first-order chi connectivity index (χ1) is 12.1. The Hall–Kier alpha value is -2.30. The lowest BCUT2D eigenvalue weighted by Crippen LogP contribution is -2.37. The summed E-state index contributed by atoms with van der Waals surface area (Å²) in [5.74, 6) is 0.206. The van der Waals surface area contributed by atoms with Gasteiger partial charge in [-0.2, -0.15) is 0 Å². The van der Waals surface area contributed by atoms with E-state index in [2.05, 4.69) is 12.1 Å². The van der Waals surface area contributed by atoms with Crippen LogP contribution in [0.15, 0.2) is 22.8 Å². The fourth-order valence-electron chi connectivity index (χ4n) is 4.04. The number of amides is 2. The van der Waals surface area contributed by atoms with Crippen molar-refractivity contribution in [3.05, 3.63) is 35.1 Å². The summed E-state index contributed by atoms with van der Waals surface area (Å²) in [6, 6.07) is 4.35. The van der Waals surface area contributed by atoms with Crippen LogP contribution >= 0.6 is 0 Å². The molecule has 0 spiro atoms. The van der Waals surface area contributed by atoms with Crippen LogP contribution in [0.2, 0.25) is 0 Å². The smallest absolute Gasteiger partial charge is 0.227 e. The Morgan fingerprint density at radius 2 is 1.72 bits per heavy atom. The molecule has 0 atom stereocenters. The molecule has 0 saturated carbocycles. The highest BCUT2D eigenvalue weighted by molar-refractivity contribution is 5.88. The van der Waals surface area contributed by atoms with Crippen LogP contribution < -0.4 is 0 Å². The van der Waals surface area contributed by atoms with Crippen molar-refractivity contribution >= 4 is 22.8 Å². The molecule has 2 aromatic rings. The Labute approximate surface area is 147 Å². The summed E-state index contributed by atoms with van der Waals surface area (Å²) in [5.41, 5.74) is 4.65. The summed E-state index contributed by atoms with van der Waals surface area (Å²) in [4.78, 5) is 28.0. The van der Waals surface area contributed by atoms with E-state index in [1.54, 1.807) is 13.2 Å². The maximum Gasteiger partial charge on any atom is 0.227 e. The second-order valence-electron chi connectivity index (χ2n) is 7.15. The molecule has 5 heteroatoms. The second-order valence-corrected chi connectivity index (χ2v) is 7.15. The predicted molar refractivity (Wildman–Crippen MR) is 95.4 cm³/mol. The van der Waals surface area contributed by atoms with Gasteiger partial charge >= 0.3 is 0 Å². The number of rotatable bonds is 2. The van der Waals surface area contributed by atoms with E-state index in [0.717, 1.165) is 42.3 Å². The number of carbonyl (C=O) groups excluding carboxylic acids is 2. The molecule has 25 heavy (non-hydrogen) atoms. The quantitative estimate of drug-likeness (QED) is 0.844. The first-order valence-electron chi connectivity index (χ1n) is 9.17. The van der Waals surface area contributed by atoms with Crippen molar-refractivity contribution in [2.24, 2.45) is 0 Å². The Bertz CT molecular complexity index is 824. The van der Waals surface area contributed by atoms with Gasteiger partial charge in [0.15, 0.2) is 0 Å². The van der Waals surface area contributed by atoms with Gasteiger partial charge in [0.05, 0.1) is 12.7 Å². The topological polar surface area (TPSA) is 53.8 Å². The Morgan fingerprint density at radius 3 is 2.52 bits per heavy atom. The standard InChI is InChI=1S/C20H24N2O3/c1-14(23)21-6-3-7-22(9-8-21)20(24)12-17-13-25-19-11-16-5-2-4-15(16)10-18(17)19/h10-11,13H,2-9,12H2,1H3. The van der Waals surface area contributed by atoms with Gasteiger partial charge in [-0.15, -0.1) is 0 Å². The summed E-state index contributed by atoms with van der Waals surface area (Å²) in [6.45, 7) is 4.28. The van der Waals surface area contributed by atoms with Gasteiger partial charge in [-0.05, 0) is 48.9 Å². The van der Waals surface area contributed by atoms with Crippen molar-refractivity contribution in [3.8, 4) is 0 Å². The number of carbonyl (C=O) groups is 2. The normalized spacial score (nSPS) is 17.6. The van der Waals surface area contributed by atoms with Gasteiger partial charge in [-0.25, -0.2) is 0 Å². The van der Waals surface area contributed by atoms with Crippen molar-refractivity contribution in [1.82, 2.24) is 9.80 Å². The van der Waals surface area contributed by atoms with E-state index in [0.29, 0.717) is 26.1 Å². The van der Waals surface area contributed by atoms with Crippen molar-refractivity contribution < 1.29 is 14.0 Å². The Morgan fingerprint density at radius 1 is 1.00 bits per heavy atom. The minimum absolute atomic E-state index is 0.0870. The summed E-state index contributed by atoms with van der Waals surface area (Å²) >= 11 is 0. The highest BCUT2D eigenvalue weighted by atomic mass is 16.3. The first-order valence-corrected chi connectivity index (χ1v) is 9.17. The average Bonchev–Trinajstić information content (AvgIpc) is 3.11. The van der Waals surface area contributed by atoms with Crippen LogP contribution in [0.25, 0.3) is 11.0 Å². The zero-order chi connectivity index (χ0) is 17.4. The van der Waals surface area contributed by atoms with Crippen molar-refractivity contribution in [2.75, 3.05) is 26.2 Å². The molecule has 4 rings (SSSR count). The third-order valence-electron chi connectivity index (χ3n) is 5.50. The second kappa shape index (κ2) is 6.54. The molecule has 1 saturated heterocycles. The molecule has 0 radical (unpaired) electrons. The van der Waals surface area contributed by atoms with Gasteiger partial charge in [-0.1, -0.05) is 0 Å². The zero-order valence-electron chi connectivity index (χ0n) is 14.7. The highest BCUT2D eigenvalue weighted by Gasteiger charge is 2.22. The molecule has 0 N–H and O–H groups in total. The summed E-state index contributed by atoms with van der Waals surface area (Å²) < 4.78 is 5.71. The van der Waals surface area contributed by atoms with Gasteiger partial charge in [0.1, 0.15) is 5.58 Å². The lowest BCUT2D eigenvalue weighted by atomic mass is 10.0. The lowest BCUT2D eigenvalue weighted by Gasteiger charge is -2.21. The Kier molecular flexibility index (Phi) is 4.24. The van der Waals surface area contributed by atoms with Gasteiger partial charge in [0, 0.05) is 44.1 Å². The molecule has 0 bridgehead atoms. The minimum Gasteiger partial charge on any atom is -0.464 e. The minimum atomic E-state index is 0.0870. The molecule has 1 aromatic carbocycles. The fraction of sp³-hybridized carbons (Fsp3) is 0.500. The summed E-state index contributed by atoms with van der Waals surface area (Å²) in [6.07, 6.45) is 6.39. The third kappa shape index (κ3) is 3.15. The van der Waals surface area contributed by atoms with Crippen LogP contribution in [0.5, 0.6) is 0 Å². The van der Waals surface area contributed by atoms with Gasteiger partial charge in [0.2, 0.25) is 11.8 Å². The van der Waals surface area contributed by atoms with E-state index in [1.165, 1.54) is 17.5 Å². The van der Waals surface area contributed by atoms with E-state index in [-0.39, 0.29) is 11.8 Å². The number of hydrogen-bond donors (Lipinski definition) is 0. The SMILES string of the molecule is CC(=O)N1CCCN(C(=O)Cc2coc3cc4c(cc23)CCC4)CC1. The van der Waals surface area contributed by atoms with Gasteiger partial charge < -0.3 is 14.2 Å². The molecule has 132 valence electrons. The number of fused-ring (bicyclic) bond motifs is 2. The highest BCUT2D eigenvalue weighted by Crippen LogP contribution is 2.30. The van der Waals surface area contributed by atoms with Crippen molar-refractivity contribution in [2.45, 2.75) is 39.0 Å². The number of furan rings is 1. The monoisotopic (exact) mass is 340 g/mol. The van der Waals surface area contributed by atoms with Crippen molar-refractivity contribution in [3.63, 3.8) is 0 Å². The number of nitrogens with zero attached hydrogens (tertiary/aromatic N) is 2. The molecule has 2 amide bonds. The number of benzene rings is 1. The molecule has 1 fully saturated rings. The van der Waals surface area contributed by atoms with E-state index >= 15 is 0 Å². The lowest BCUT2D eigenvalue weighted by molar-refractivity contribution is -0.132. The van der Waals surface area contributed by atoms with Gasteiger partial charge in [-0.3, -0.25) is 9.59 Å². The van der Waals surface area contributed by atoms with Crippen LogP contribution in [0.1, 0.15) is 36.5 Å².